The van der Waals surface area contributed by atoms with Gasteiger partial charge >= 0.3 is 0 Å². The average Bonchev–Trinajstić information content (AvgIpc) is 2.80. The van der Waals surface area contributed by atoms with Gasteiger partial charge in [0, 0.05) is 24.6 Å². The Bertz CT molecular complexity index is 391. The van der Waals surface area contributed by atoms with Gasteiger partial charge in [0.25, 0.3) is 0 Å². The van der Waals surface area contributed by atoms with Gasteiger partial charge in [-0.1, -0.05) is 12.1 Å². The van der Waals surface area contributed by atoms with Gasteiger partial charge in [0.05, 0.1) is 6.54 Å². The van der Waals surface area contributed by atoms with Crippen LogP contribution in [0.5, 0.6) is 0 Å². The second-order valence-electron chi connectivity index (χ2n) is 3.29. The Morgan fingerprint density at radius 3 is 2.67 bits per heavy atom. The lowest BCUT2D eigenvalue weighted by atomic mass is 10.2. The first-order chi connectivity index (χ1) is 7.38. The van der Waals surface area contributed by atoms with E-state index in [1.54, 1.807) is 6.20 Å². The van der Waals surface area contributed by atoms with Crippen molar-refractivity contribution in [3.05, 3.63) is 48.0 Å². The molecule has 15 heavy (non-hydrogen) atoms. The zero-order chi connectivity index (χ0) is 10.5. The van der Waals surface area contributed by atoms with Crippen LogP contribution in [0.15, 0.2) is 36.7 Å². The molecule has 2 rings (SSSR count). The van der Waals surface area contributed by atoms with Crippen LogP contribution in [0, 0.1) is 0 Å². The monoisotopic (exact) mass is 202 g/mol. The molecular weight excluding hydrogens is 188 g/mol. The largest absolute Gasteiger partial charge is 0.378 e. The van der Waals surface area contributed by atoms with Gasteiger partial charge in [-0.25, -0.2) is 4.98 Å². The van der Waals surface area contributed by atoms with Crippen molar-refractivity contribution in [1.82, 2.24) is 9.97 Å². The van der Waals surface area contributed by atoms with Crippen LogP contribution >= 0.6 is 0 Å². The van der Waals surface area contributed by atoms with Gasteiger partial charge in [-0.15, -0.1) is 0 Å². The van der Waals surface area contributed by atoms with E-state index in [2.05, 4.69) is 15.3 Å². The van der Waals surface area contributed by atoms with E-state index in [9.17, 15) is 0 Å². The molecule has 0 saturated heterocycles. The molecule has 0 bridgehead atoms. The average molecular weight is 202 g/mol. The lowest BCUT2D eigenvalue weighted by Crippen LogP contribution is -2.01. The van der Waals surface area contributed by atoms with Crippen molar-refractivity contribution in [1.29, 1.82) is 0 Å². The van der Waals surface area contributed by atoms with Gasteiger partial charge in [-0.05, 0) is 17.7 Å². The summed E-state index contributed by atoms with van der Waals surface area (Å²) >= 11 is 0. The molecule has 0 amide bonds. The lowest BCUT2D eigenvalue weighted by molar-refractivity contribution is 0.998. The first-order valence-corrected chi connectivity index (χ1v) is 4.89. The van der Waals surface area contributed by atoms with E-state index in [4.69, 9.17) is 5.73 Å². The number of aromatic nitrogens is 2. The molecule has 0 spiro atoms. The van der Waals surface area contributed by atoms with Gasteiger partial charge in [0.15, 0.2) is 0 Å². The van der Waals surface area contributed by atoms with Crippen LogP contribution in [0.1, 0.15) is 11.4 Å². The van der Waals surface area contributed by atoms with Crippen LogP contribution in [0.25, 0.3) is 0 Å². The number of H-pyrrole nitrogens is 1. The van der Waals surface area contributed by atoms with Crippen molar-refractivity contribution in [2.24, 2.45) is 5.73 Å². The molecule has 4 nitrogen and oxygen atoms in total. The minimum Gasteiger partial charge on any atom is -0.378 e. The van der Waals surface area contributed by atoms with Crippen LogP contribution in [0.3, 0.4) is 0 Å². The van der Waals surface area contributed by atoms with Crippen molar-refractivity contribution in [2.45, 2.75) is 13.1 Å². The highest BCUT2D eigenvalue weighted by atomic mass is 15.0. The maximum absolute atomic E-state index is 5.52. The van der Waals surface area contributed by atoms with Gasteiger partial charge < -0.3 is 16.0 Å². The molecule has 0 unspecified atom stereocenters. The zero-order valence-corrected chi connectivity index (χ0v) is 8.40. The molecule has 1 aromatic carbocycles. The maximum Gasteiger partial charge on any atom is 0.125 e. The fourth-order valence-corrected chi connectivity index (χ4v) is 1.34. The van der Waals surface area contributed by atoms with Gasteiger partial charge in [0.1, 0.15) is 5.82 Å². The third-order valence-corrected chi connectivity index (χ3v) is 2.20. The summed E-state index contributed by atoms with van der Waals surface area (Å²) in [6.45, 7) is 1.29. The predicted molar refractivity (Wildman–Crippen MR) is 60.2 cm³/mol. The number of imidazole rings is 1. The summed E-state index contributed by atoms with van der Waals surface area (Å²) in [7, 11) is 0. The highest BCUT2D eigenvalue weighted by Crippen LogP contribution is 2.09. The third-order valence-electron chi connectivity index (χ3n) is 2.20. The van der Waals surface area contributed by atoms with Crippen LogP contribution in [-0.2, 0) is 13.1 Å². The molecule has 0 aliphatic rings. The van der Waals surface area contributed by atoms with Crippen LogP contribution in [0.2, 0.25) is 0 Å². The van der Waals surface area contributed by atoms with Crippen LogP contribution in [-0.4, -0.2) is 9.97 Å². The molecular formula is C11H14N4. The highest BCUT2D eigenvalue weighted by Gasteiger charge is 1.95. The SMILES string of the molecule is NCc1ccc(NCc2ncc[nH]2)cc1. The lowest BCUT2D eigenvalue weighted by Gasteiger charge is -2.04. The Balaban J connectivity index is 1.93. The van der Waals surface area contributed by atoms with E-state index in [-0.39, 0.29) is 0 Å². The molecule has 1 heterocycles. The van der Waals surface area contributed by atoms with Crippen molar-refractivity contribution in [2.75, 3.05) is 5.32 Å². The molecule has 2 aromatic rings. The summed E-state index contributed by atoms with van der Waals surface area (Å²) < 4.78 is 0. The predicted octanol–water partition coefficient (Wildman–Crippen LogP) is 1.48. The number of hydrogen-bond acceptors (Lipinski definition) is 3. The number of nitrogens with one attached hydrogen (secondary N) is 2. The van der Waals surface area contributed by atoms with E-state index in [0.29, 0.717) is 13.1 Å². The molecule has 4 N–H and O–H groups in total. The van der Waals surface area contributed by atoms with Crippen LogP contribution in [0.4, 0.5) is 5.69 Å². The fourth-order valence-electron chi connectivity index (χ4n) is 1.34. The molecule has 0 radical (unpaired) electrons. The molecule has 1 aromatic heterocycles. The standard InChI is InChI=1S/C11H14N4/c12-7-9-1-3-10(4-2-9)15-8-11-13-5-6-14-11/h1-6,15H,7-8,12H2,(H,13,14). The number of hydrogen-bond donors (Lipinski definition) is 3. The Morgan fingerprint density at radius 2 is 2.07 bits per heavy atom. The summed E-state index contributed by atoms with van der Waals surface area (Å²) in [5.41, 5.74) is 7.73. The van der Waals surface area contributed by atoms with E-state index >= 15 is 0 Å². The van der Waals surface area contributed by atoms with Crippen LogP contribution < -0.4 is 11.1 Å². The Hall–Kier alpha value is -1.81. The molecule has 0 fully saturated rings. The topological polar surface area (TPSA) is 66.7 Å². The number of benzene rings is 1. The Labute approximate surface area is 88.5 Å². The molecule has 78 valence electrons. The van der Waals surface area contributed by atoms with Gasteiger partial charge in [-0.2, -0.15) is 0 Å². The minimum absolute atomic E-state index is 0.582. The van der Waals surface area contributed by atoms with E-state index in [0.717, 1.165) is 17.1 Å². The highest BCUT2D eigenvalue weighted by molar-refractivity contribution is 5.44. The smallest absolute Gasteiger partial charge is 0.125 e. The second-order valence-corrected chi connectivity index (χ2v) is 3.29. The van der Waals surface area contributed by atoms with Crippen molar-refractivity contribution in [3.63, 3.8) is 0 Å². The number of aromatic amines is 1. The zero-order valence-electron chi connectivity index (χ0n) is 8.40. The Morgan fingerprint density at radius 1 is 1.27 bits per heavy atom. The summed E-state index contributed by atoms with van der Waals surface area (Å²) in [5, 5.41) is 3.26. The quantitative estimate of drug-likeness (QED) is 0.703. The summed E-state index contributed by atoms with van der Waals surface area (Å²) in [6.07, 6.45) is 3.56. The molecule has 0 aliphatic carbocycles. The molecule has 0 atom stereocenters. The molecule has 4 heteroatoms. The number of rotatable bonds is 4. The molecule has 0 aliphatic heterocycles. The fraction of sp³-hybridized carbons (Fsp3) is 0.182. The summed E-state index contributed by atoms with van der Waals surface area (Å²) in [4.78, 5) is 7.16. The third kappa shape index (κ3) is 2.57. The number of anilines is 1. The normalized spacial score (nSPS) is 10.2. The van der Waals surface area contributed by atoms with Crippen molar-refractivity contribution >= 4 is 5.69 Å². The first-order valence-electron chi connectivity index (χ1n) is 4.89. The second kappa shape index (κ2) is 4.61. The van der Waals surface area contributed by atoms with E-state index in [1.165, 1.54) is 0 Å². The number of nitrogens with zero attached hydrogens (tertiary/aromatic N) is 1. The maximum atomic E-state index is 5.52. The van der Waals surface area contributed by atoms with Crippen molar-refractivity contribution in [3.8, 4) is 0 Å². The van der Waals surface area contributed by atoms with E-state index in [1.807, 2.05) is 30.5 Å². The minimum atomic E-state index is 0.582. The van der Waals surface area contributed by atoms with Crippen molar-refractivity contribution < 1.29 is 0 Å². The summed E-state index contributed by atoms with van der Waals surface area (Å²) in [5.74, 6) is 0.929. The van der Waals surface area contributed by atoms with Gasteiger partial charge in [-0.3, -0.25) is 0 Å². The Kier molecular flexibility index (Phi) is 2.99. The number of nitrogens with two attached hydrogens (primary N) is 1. The summed E-state index contributed by atoms with van der Waals surface area (Å²) in [6, 6.07) is 8.07. The molecule has 0 saturated carbocycles. The van der Waals surface area contributed by atoms with Gasteiger partial charge in [0.2, 0.25) is 0 Å². The van der Waals surface area contributed by atoms with E-state index < -0.39 is 0 Å². The first kappa shape index (κ1) is 9.73.